The number of sulfonamides is 1. The Labute approximate surface area is 218 Å². The minimum Gasteiger partial charge on any atom is -0.363 e. The largest absolute Gasteiger partial charge is 0.417 e. The first-order valence-electron chi connectivity index (χ1n) is 12.6. The van der Waals surface area contributed by atoms with Gasteiger partial charge in [-0.2, -0.15) is 17.5 Å². The molecular formula is C27H26F3N3O4S. The number of rotatable bonds is 4. The Bertz CT molecular complexity index is 1510. The van der Waals surface area contributed by atoms with Crippen LogP contribution in [0.5, 0.6) is 0 Å². The van der Waals surface area contributed by atoms with E-state index in [-0.39, 0.29) is 37.2 Å². The molecule has 0 N–H and O–H groups in total. The number of morpholine rings is 1. The third-order valence-corrected chi connectivity index (χ3v) is 9.65. The summed E-state index contributed by atoms with van der Waals surface area (Å²) in [5.74, 6) is -0.0462. The Hall–Kier alpha value is -3.02. The molecule has 6 rings (SSSR count). The van der Waals surface area contributed by atoms with E-state index in [9.17, 15) is 26.4 Å². The van der Waals surface area contributed by atoms with Gasteiger partial charge in [-0.05, 0) is 61.1 Å². The third kappa shape index (κ3) is 4.56. The van der Waals surface area contributed by atoms with Crippen LogP contribution in [0.15, 0.2) is 59.6 Å². The fourth-order valence-corrected chi connectivity index (χ4v) is 6.92. The predicted octanol–water partition coefficient (Wildman–Crippen LogP) is 4.47. The minimum atomic E-state index is -4.76. The summed E-state index contributed by atoms with van der Waals surface area (Å²) in [6.07, 6.45) is -0.519. The number of fused-ring (bicyclic) bond motifs is 1. The first-order chi connectivity index (χ1) is 18.1. The Kier molecular flexibility index (Phi) is 6.00. The molecule has 38 heavy (non-hydrogen) atoms. The summed E-state index contributed by atoms with van der Waals surface area (Å²) in [6, 6.07) is 11.8. The highest BCUT2D eigenvalue weighted by Gasteiger charge is 2.47. The van der Waals surface area contributed by atoms with Gasteiger partial charge in [0.2, 0.25) is 15.9 Å². The average Bonchev–Trinajstić information content (AvgIpc) is 3.75. The Morgan fingerprint density at radius 2 is 1.79 bits per heavy atom. The highest BCUT2D eigenvalue weighted by Crippen LogP contribution is 2.41. The van der Waals surface area contributed by atoms with Gasteiger partial charge in [-0.3, -0.25) is 9.78 Å². The van der Waals surface area contributed by atoms with E-state index >= 15 is 0 Å². The minimum absolute atomic E-state index is 0.0239. The maximum Gasteiger partial charge on any atom is 0.417 e. The number of hydrogen-bond acceptors (Lipinski definition) is 5. The molecule has 1 saturated carbocycles. The van der Waals surface area contributed by atoms with Crippen LogP contribution in [-0.4, -0.2) is 66.4 Å². The van der Waals surface area contributed by atoms with Crippen LogP contribution in [0.4, 0.5) is 13.2 Å². The summed E-state index contributed by atoms with van der Waals surface area (Å²) in [6.45, 7) is 0.616. The lowest BCUT2D eigenvalue weighted by Crippen LogP contribution is -2.59. The van der Waals surface area contributed by atoms with Crippen molar-refractivity contribution >= 4 is 26.8 Å². The second-order valence-corrected chi connectivity index (χ2v) is 12.2. The standard InChI is InChI=1S/C27H26F3N3O4S/c28-27(29,30)23-15-21(7-8-22(23)19-4-3-18-2-1-11-31-24(18)14-19)38(35,36)32-12-9-26(10-13-32)17-33(20-5-6-20)25(34)16-37-26/h1-4,7-8,11,14-15,20H,5-6,9-10,12-13,16-17H2. The first-order valence-corrected chi connectivity index (χ1v) is 14.0. The van der Waals surface area contributed by atoms with E-state index in [1.165, 1.54) is 16.4 Å². The molecule has 3 aliphatic rings. The number of hydrogen-bond donors (Lipinski definition) is 0. The number of ether oxygens (including phenoxy) is 1. The smallest absolute Gasteiger partial charge is 0.363 e. The summed E-state index contributed by atoms with van der Waals surface area (Å²) in [5.41, 5.74) is -0.896. The van der Waals surface area contributed by atoms with Crippen LogP contribution in [0.2, 0.25) is 0 Å². The summed E-state index contributed by atoms with van der Waals surface area (Å²) in [4.78, 5) is 17.9. The molecule has 7 nitrogen and oxygen atoms in total. The molecular weight excluding hydrogens is 519 g/mol. The van der Waals surface area contributed by atoms with Crippen LogP contribution in [0, 0.1) is 0 Å². The molecule has 0 bridgehead atoms. The molecule has 11 heteroatoms. The van der Waals surface area contributed by atoms with Gasteiger partial charge in [0.1, 0.15) is 6.61 Å². The zero-order valence-electron chi connectivity index (χ0n) is 20.4. The molecule has 2 aromatic carbocycles. The van der Waals surface area contributed by atoms with Gasteiger partial charge in [0.05, 0.1) is 28.1 Å². The van der Waals surface area contributed by atoms with Gasteiger partial charge in [-0.1, -0.05) is 24.3 Å². The lowest BCUT2D eigenvalue weighted by Gasteiger charge is -2.46. The fraction of sp³-hybridized carbons (Fsp3) is 0.407. The summed E-state index contributed by atoms with van der Waals surface area (Å²) < 4.78 is 76.5. The summed E-state index contributed by atoms with van der Waals surface area (Å²) >= 11 is 0. The number of pyridine rings is 1. The van der Waals surface area contributed by atoms with E-state index in [0.29, 0.717) is 30.5 Å². The van der Waals surface area contributed by atoms with Crippen LogP contribution in [0.3, 0.4) is 0 Å². The number of alkyl halides is 3. The number of halogens is 3. The molecule has 0 radical (unpaired) electrons. The Balaban J connectivity index is 1.27. The molecule has 3 heterocycles. The van der Waals surface area contributed by atoms with Crippen LogP contribution in [-0.2, 0) is 25.7 Å². The maximum absolute atomic E-state index is 14.2. The van der Waals surface area contributed by atoms with Gasteiger partial charge < -0.3 is 9.64 Å². The van der Waals surface area contributed by atoms with Crippen molar-refractivity contribution in [3.63, 3.8) is 0 Å². The zero-order chi connectivity index (χ0) is 26.7. The lowest BCUT2D eigenvalue weighted by atomic mass is 9.90. The molecule has 0 atom stereocenters. The average molecular weight is 546 g/mol. The number of nitrogens with zero attached hydrogens (tertiary/aromatic N) is 3. The van der Waals surface area contributed by atoms with Crippen molar-refractivity contribution in [1.82, 2.24) is 14.2 Å². The van der Waals surface area contributed by atoms with E-state index < -0.39 is 32.3 Å². The lowest BCUT2D eigenvalue weighted by molar-refractivity contribution is -0.170. The van der Waals surface area contributed by atoms with Crippen molar-refractivity contribution < 1.29 is 31.1 Å². The van der Waals surface area contributed by atoms with E-state index in [2.05, 4.69) is 4.98 Å². The van der Waals surface area contributed by atoms with Crippen molar-refractivity contribution in [2.45, 2.75) is 48.4 Å². The normalized spacial score (nSPS) is 20.8. The number of piperidine rings is 1. The number of aromatic nitrogens is 1. The molecule has 0 unspecified atom stereocenters. The highest BCUT2D eigenvalue weighted by molar-refractivity contribution is 7.89. The van der Waals surface area contributed by atoms with Crippen molar-refractivity contribution in [2.24, 2.45) is 0 Å². The first kappa shape index (κ1) is 25.3. The predicted molar refractivity (Wildman–Crippen MR) is 134 cm³/mol. The zero-order valence-corrected chi connectivity index (χ0v) is 21.3. The second kappa shape index (κ2) is 9.03. The van der Waals surface area contributed by atoms with Crippen molar-refractivity contribution in [1.29, 1.82) is 0 Å². The van der Waals surface area contributed by atoms with Gasteiger partial charge >= 0.3 is 6.18 Å². The molecule has 3 aromatic rings. The fourth-order valence-electron chi connectivity index (χ4n) is 5.45. The molecule has 2 saturated heterocycles. The van der Waals surface area contributed by atoms with E-state index in [4.69, 9.17) is 4.74 Å². The van der Waals surface area contributed by atoms with E-state index in [1.54, 1.807) is 30.5 Å². The molecule has 200 valence electrons. The molecule has 1 spiro atoms. The number of carbonyl (C=O) groups is 1. The van der Waals surface area contributed by atoms with Crippen molar-refractivity contribution in [2.75, 3.05) is 26.2 Å². The SMILES string of the molecule is O=C1COC2(CCN(S(=O)(=O)c3ccc(-c4ccc5cccnc5c4)c(C(F)(F)F)c3)CC2)CN1C1CC1. The molecule has 3 fully saturated rings. The quantitative estimate of drug-likeness (QED) is 0.484. The van der Waals surface area contributed by atoms with E-state index in [1.807, 2.05) is 11.0 Å². The maximum atomic E-state index is 14.2. The van der Waals surface area contributed by atoms with E-state index in [0.717, 1.165) is 24.3 Å². The van der Waals surface area contributed by atoms with Gasteiger partial charge in [-0.15, -0.1) is 0 Å². The van der Waals surface area contributed by atoms with Crippen LogP contribution in [0.1, 0.15) is 31.2 Å². The van der Waals surface area contributed by atoms with Gasteiger partial charge in [0.15, 0.2) is 0 Å². The van der Waals surface area contributed by atoms with Crippen LogP contribution < -0.4 is 0 Å². The topological polar surface area (TPSA) is 79.8 Å². The third-order valence-electron chi connectivity index (χ3n) is 7.75. The second-order valence-electron chi connectivity index (χ2n) is 10.2. The molecule has 1 aliphatic carbocycles. The summed E-state index contributed by atoms with van der Waals surface area (Å²) in [7, 11) is -4.18. The Morgan fingerprint density at radius 3 is 2.50 bits per heavy atom. The molecule has 1 aromatic heterocycles. The molecule has 1 amide bonds. The van der Waals surface area contributed by atoms with Crippen LogP contribution in [0.25, 0.3) is 22.0 Å². The number of carbonyl (C=O) groups excluding carboxylic acids is 1. The van der Waals surface area contributed by atoms with Crippen LogP contribution >= 0.6 is 0 Å². The summed E-state index contributed by atoms with van der Waals surface area (Å²) in [5, 5.41) is 0.790. The van der Waals surface area contributed by atoms with Crippen molar-refractivity contribution in [3.05, 3.63) is 60.3 Å². The monoisotopic (exact) mass is 545 g/mol. The van der Waals surface area contributed by atoms with Gasteiger partial charge in [-0.25, -0.2) is 8.42 Å². The number of amides is 1. The number of benzene rings is 2. The highest BCUT2D eigenvalue weighted by atomic mass is 32.2. The van der Waals surface area contributed by atoms with Gasteiger partial charge in [0, 0.05) is 30.7 Å². The van der Waals surface area contributed by atoms with Gasteiger partial charge in [0.25, 0.3) is 0 Å². The molecule has 2 aliphatic heterocycles. The Morgan fingerprint density at radius 1 is 1.03 bits per heavy atom. The van der Waals surface area contributed by atoms with Crippen molar-refractivity contribution in [3.8, 4) is 11.1 Å².